The van der Waals surface area contributed by atoms with Gasteiger partial charge in [-0.05, 0) is 19.2 Å². The van der Waals surface area contributed by atoms with Gasteiger partial charge in [0.25, 0.3) is 0 Å². The maximum atomic E-state index is 11.6. The highest BCUT2D eigenvalue weighted by Crippen LogP contribution is 2.24. The van der Waals surface area contributed by atoms with Crippen molar-refractivity contribution in [2.24, 2.45) is 0 Å². The number of aromatic nitrogens is 1. The topological polar surface area (TPSA) is 74.3 Å². The Labute approximate surface area is 122 Å². The molecule has 1 aromatic heterocycles. The van der Waals surface area contributed by atoms with Crippen LogP contribution < -0.4 is 15.5 Å². The average molecular weight is 284 g/mol. The number of hydrogen-bond donors (Lipinski definition) is 2. The van der Waals surface area contributed by atoms with Crippen LogP contribution in [0.1, 0.15) is 5.56 Å². The number of imide groups is 1. The van der Waals surface area contributed by atoms with Crippen molar-refractivity contribution in [3.63, 3.8) is 0 Å². The number of amides is 2. The lowest BCUT2D eigenvalue weighted by Gasteiger charge is -2.28. The minimum atomic E-state index is -0.295. The van der Waals surface area contributed by atoms with Gasteiger partial charge in [-0.3, -0.25) is 14.9 Å². The first kappa shape index (κ1) is 13.5. The van der Waals surface area contributed by atoms with Gasteiger partial charge in [0.05, 0.1) is 18.6 Å². The van der Waals surface area contributed by atoms with Crippen LogP contribution in [-0.2, 0) is 16.1 Å². The second-order valence-electron chi connectivity index (χ2n) is 5.02. The summed E-state index contributed by atoms with van der Waals surface area (Å²) in [5, 5.41) is 6.44. The van der Waals surface area contributed by atoms with Gasteiger partial charge in [0.15, 0.2) is 0 Å². The normalized spacial score (nSPS) is 15.4. The van der Waals surface area contributed by atoms with Gasteiger partial charge in [-0.25, -0.2) is 4.98 Å². The molecule has 3 rings (SSSR count). The standard InChI is InChI=1S/C15H16N4O2/c1-16-7-11-6-10-4-2-3-5-12(10)17-15(11)19-8-13(20)18-14(21)9-19/h2-6,16H,7-9H2,1H3,(H,18,20,21). The molecule has 0 spiro atoms. The van der Waals surface area contributed by atoms with Gasteiger partial charge in [-0.15, -0.1) is 0 Å². The second-order valence-corrected chi connectivity index (χ2v) is 5.02. The molecule has 2 heterocycles. The van der Waals surface area contributed by atoms with E-state index < -0.39 is 0 Å². The fraction of sp³-hybridized carbons (Fsp3) is 0.267. The van der Waals surface area contributed by atoms with Gasteiger partial charge in [-0.1, -0.05) is 18.2 Å². The molecule has 1 aliphatic rings. The number of pyridine rings is 1. The molecule has 1 aromatic carbocycles. The van der Waals surface area contributed by atoms with Crippen LogP contribution in [0.3, 0.4) is 0 Å². The quantitative estimate of drug-likeness (QED) is 0.799. The summed E-state index contributed by atoms with van der Waals surface area (Å²) in [6.45, 7) is 0.918. The molecule has 108 valence electrons. The lowest BCUT2D eigenvalue weighted by atomic mass is 10.1. The van der Waals surface area contributed by atoms with Crippen molar-refractivity contribution >= 4 is 28.5 Å². The Morgan fingerprint density at radius 2 is 1.95 bits per heavy atom. The minimum Gasteiger partial charge on any atom is -0.338 e. The number of carbonyl (C=O) groups is 2. The number of fused-ring (bicyclic) bond motifs is 1. The smallest absolute Gasteiger partial charge is 0.246 e. The second kappa shape index (κ2) is 5.49. The third-order valence-electron chi connectivity index (χ3n) is 3.39. The van der Waals surface area contributed by atoms with E-state index in [1.807, 2.05) is 37.4 Å². The summed E-state index contributed by atoms with van der Waals surface area (Å²) < 4.78 is 0. The Balaban J connectivity index is 2.08. The van der Waals surface area contributed by atoms with Crippen LogP contribution in [-0.4, -0.2) is 36.9 Å². The summed E-state index contributed by atoms with van der Waals surface area (Å²) in [6.07, 6.45) is 0. The molecule has 0 aliphatic carbocycles. The van der Waals surface area contributed by atoms with E-state index in [0.717, 1.165) is 16.5 Å². The molecule has 0 atom stereocenters. The van der Waals surface area contributed by atoms with Crippen LogP contribution in [0.4, 0.5) is 5.82 Å². The molecule has 6 nitrogen and oxygen atoms in total. The summed E-state index contributed by atoms with van der Waals surface area (Å²) in [7, 11) is 1.85. The molecule has 0 radical (unpaired) electrons. The molecule has 0 unspecified atom stereocenters. The van der Waals surface area contributed by atoms with E-state index in [-0.39, 0.29) is 24.9 Å². The lowest BCUT2D eigenvalue weighted by molar-refractivity contribution is -0.130. The number of para-hydroxylation sites is 1. The zero-order chi connectivity index (χ0) is 14.8. The van der Waals surface area contributed by atoms with Crippen LogP contribution in [0.15, 0.2) is 30.3 Å². The number of rotatable bonds is 3. The maximum absolute atomic E-state index is 11.6. The van der Waals surface area contributed by atoms with Gasteiger partial charge < -0.3 is 10.2 Å². The maximum Gasteiger partial charge on any atom is 0.246 e. The van der Waals surface area contributed by atoms with Crippen LogP contribution >= 0.6 is 0 Å². The number of hydrogen-bond acceptors (Lipinski definition) is 5. The number of benzene rings is 1. The largest absolute Gasteiger partial charge is 0.338 e. The first-order valence-electron chi connectivity index (χ1n) is 6.78. The first-order chi connectivity index (χ1) is 10.2. The molecule has 1 saturated heterocycles. The molecule has 2 aromatic rings. The molecule has 2 amide bonds. The van der Waals surface area contributed by atoms with Crippen molar-refractivity contribution < 1.29 is 9.59 Å². The van der Waals surface area contributed by atoms with Crippen molar-refractivity contribution in [1.29, 1.82) is 0 Å². The number of carbonyl (C=O) groups excluding carboxylic acids is 2. The lowest BCUT2D eigenvalue weighted by Crippen LogP contribution is -2.52. The Morgan fingerprint density at radius 3 is 2.67 bits per heavy atom. The van der Waals surface area contributed by atoms with E-state index in [0.29, 0.717) is 12.4 Å². The Morgan fingerprint density at radius 1 is 1.24 bits per heavy atom. The van der Waals surface area contributed by atoms with Crippen LogP contribution in [0.2, 0.25) is 0 Å². The Hall–Kier alpha value is -2.47. The van der Waals surface area contributed by atoms with Gasteiger partial charge in [-0.2, -0.15) is 0 Å². The molecule has 1 aliphatic heterocycles. The molecule has 1 fully saturated rings. The Kier molecular flexibility index (Phi) is 3.53. The fourth-order valence-electron chi connectivity index (χ4n) is 2.53. The number of nitrogens with zero attached hydrogens (tertiary/aromatic N) is 2. The summed E-state index contributed by atoms with van der Waals surface area (Å²) in [5.41, 5.74) is 1.82. The fourth-order valence-corrected chi connectivity index (χ4v) is 2.53. The third-order valence-corrected chi connectivity index (χ3v) is 3.39. The number of anilines is 1. The van der Waals surface area contributed by atoms with E-state index in [4.69, 9.17) is 0 Å². The predicted octanol–water partition coefficient (Wildman–Crippen LogP) is 0.417. The van der Waals surface area contributed by atoms with E-state index in [9.17, 15) is 9.59 Å². The molecule has 0 bridgehead atoms. The predicted molar refractivity (Wildman–Crippen MR) is 79.9 cm³/mol. The highest BCUT2D eigenvalue weighted by molar-refractivity contribution is 6.02. The summed E-state index contributed by atoms with van der Waals surface area (Å²) >= 11 is 0. The van der Waals surface area contributed by atoms with Crippen molar-refractivity contribution in [2.75, 3.05) is 25.0 Å². The summed E-state index contributed by atoms with van der Waals surface area (Å²) in [5.74, 6) is 0.0967. The van der Waals surface area contributed by atoms with Crippen molar-refractivity contribution in [3.8, 4) is 0 Å². The van der Waals surface area contributed by atoms with Crippen LogP contribution in [0.5, 0.6) is 0 Å². The molecule has 0 saturated carbocycles. The van der Waals surface area contributed by atoms with E-state index >= 15 is 0 Å². The van der Waals surface area contributed by atoms with Gasteiger partial charge in [0.1, 0.15) is 5.82 Å². The number of piperazine rings is 1. The molecular weight excluding hydrogens is 268 g/mol. The molecular formula is C15H16N4O2. The monoisotopic (exact) mass is 284 g/mol. The van der Waals surface area contributed by atoms with Crippen LogP contribution in [0, 0.1) is 0 Å². The highest BCUT2D eigenvalue weighted by atomic mass is 16.2. The molecule has 2 N–H and O–H groups in total. The zero-order valence-corrected chi connectivity index (χ0v) is 11.7. The van der Waals surface area contributed by atoms with Gasteiger partial charge in [0, 0.05) is 17.5 Å². The van der Waals surface area contributed by atoms with Crippen molar-refractivity contribution in [2.45, 2.75) is 6.54 Å². The van der Waals surface area contributed by atoms with E-state index in [1.165, 1.54) is 0 Å². The third kappa shape index (κ3) is 2.71. The van der Waals surface area contributed by atoms with E-state index in [1.54, 1.807) is 4.90 Å². The van der Waals surface area contributed by atoms with Gasteiger partial charge >= 0.3 is 0 Å². The zero-order valence-electron chi connectivity index (χ0n) is 11.7. The summed E-state index contributed by atoms with van der Waals surface area (Å²) in [6, 6.07) is 9.86. The Bertz CT molecular complexity index is 698. The highest BCUT2D eigenvalue weighted by Gasteiger charge is 2.25. The van der Waals surface area contributed by atoms with Gasteiger partial charge in [0.2, 0.25) is 11.8 Å². The molecule has 21 heavy (non-hydrogen) atoms. The van der Waals surface area contributed by atoms with E-state index in [2.05, 4.69) is 15.6 Å². The van der Waals surface area contributed by atoms with Crippen molar-refractivity contribution in [1.82, 2.24) is 15.6 Å². The first-order valence-corrected chi connectivity index (χ1v) is 6.78. The molecule has 6 heteroatoms. The number of nitrogens with one attached hydrogen (secondary N) is 2. The average Bonchev–Trinajstić information content (AvgIpc) is 2.46. The SMILES string of the molecule is CNCc1cc2ccccc2nc1N1CC(=O)NC(=O)C1. The van der Waals surface area contributed by atoms with Crippen molar-refractivity contribution in [3.05, 3.63) is 35.9 Å². The van der Waals surface area contributed by atoms with Crippen LogP contribution in [0.25, 0.3) is 10.9 Å². The minimum absolute atomic E-state index is 0.147. The summed E-state index contributed by atoms with van der Waals surface area (Å²) in [4.78, 5) is 29.5.